The number of likely N-dealkylation sites (tertiary alicyclic amines) is 1. The molecule has 0 aromatic carbocycles. The van der Waals surface area contributed by atoms with Gasteiger partial charge >= 0.3 is 12.1 Å². The van der Waals surface area contributed by atoms with Gasteiger partial charge in [0.25, 0.3) is 0 Å². The number of urea groups is 1. The molecule has 0 radical (unpaired) electrons. The minimum atomic E-state index is -0.530. The highest BCUT2D eigenvalue weighted by Gasteiger charge is 2.47. The first-order valence-electron chi connectivity index (χ1n) is 10.1. The first-order chi connectivity index (χ1) is 14.0. The van der Waals surface area contributed by atoms with Crippen LogP contribution in [-0.2, 0) is 4.74 Å². The molecular formula is C20H27BrN6O3. The Morgan fingerprint density at radius 2 is 1.97 bits per heavy atom. The minimum Gasteiger partial charge on any atom is -0.444 e. The van der Waals surface area contributed by atoms with Crippen LogP contribution in [0.1, 0.15) is 34.6 Å². The van der Waals surface area contributed by atoms with E-state index in [0.29, 0.717) is 31.1 Å². The fourth-order valence-electron chi connectivity index (χ4n) is 3.82. The van der Waals surface area contributed by atoms with Crippen LogP contribution < -0.4 is 4.90 Å². The topological polar surface area (TPSA) is 83.3 Å². The number of fused-ring (bicyclic) bond motifs is 1. The molecule has 4 rings (SSSR count). The zero-order chi connectivity index (χ0) is 21.8. The summed E-state index contributed by atoms with van der Waals surface area (Å²) in [5, 5.41) is 4.22. The summed E-state index contributed by atoms with van der Waals surface area (Å²) in [5.74, 6) is 0.866. The number of halogens is 1. The molecule has 2 fully saturated rings. The number of carbonyl (C=O) groups is 2. The maximum absolute atomic E-state index is 13.4. The van der Waals surface area contributed by atoms with Gasteiger partial charge in [-0.2, -0.15) is 5.10 Å². The Labute approximate surface area is 184 Å². The van der Waals surface area contributed by atoms with Crippen LogP contribution >= 0.6 is 15.9 Å². The molecule has 2 saturated heterocycles. The highest BCUT2D eigenvalue weighted by Crippen LogP contribution is 2.32. The normalized spacial score (nSPS) is 20.4. The molecular weight excluding hydrogens is 452 g/mol. The van der Waals surface area contributed by atoms with Gasteiger partial charge in [0.05, 0.1) is 22.8 Å². The number of carbonyl (C=O) groups excluding carboxylic acids is 2. The number of ether oxygens (including phenoxy) is 1. The van der Waals surface area contributed by atoms with Crippen LogP contribution in [0.2, 0.25) is 0 Å². The summed E-state index contributed by atoms with van der Waals surface area (Å²) in [7, 11) is 0. The second-order valence-corrected chi connectivity index (χ2v) is 10.1. The molecule has 0 spiro atoms. The Bertz CT molecular complexity index is 979. The van der Waals surface area contributed by atoms with E-state index in [-0.39, 0.29) is 30.1 Å². The molecule has 2 aliphatic heterocycles. The fraction of sp³-hybridized carbons (Fsp3) is 0.600. The Morgan fingerprint density at radius 1 is 1.27 bits per heavy atom. The van der Waals surface area contributed by atoms with Gasteiger partial charge in [0.2, 0.25) is 0 Å². The number of amides is 3. The second-order valence-electron chi connectivity index (χ2n) is 9.20. The molecule has 30 heavy (non-hydrogen) atoms. The first-order valence-corrected chi connectivity index (χ1v) is 10.9. The zero-order valence-corrected chi connectivity index (χ0v) is 19.5. The lowest BCUT2D eigenvalue weighted by Gasteiger charge is -2.43. The lowest BCUT2D eigenvalue weighted by Crippen LogP contribution is -2.62. The van der Waals surface area contributed by atoms with E-state index in [1.54, 1.807) is 20.5 Å². The maximum atomic E-state index is 13.4. The third-order valence-electron chi connectivity index (χ3n) is 5.45. The molecule has 0 bridgehead atoms. The molecule has 0 unspecified atom stereocenters. The van der Waals surface area contributed by atoms with E-state index < -0.39 is 5.60 Å². The number of anilines is 1. The van der Waals surface area contributed by atoms with Crippen molar-refractivity contribution in [3.8, 4) is 0 Å². The molecule has 2 aromatic rings. The monoisotopic (exact) mass is 478 g/mol. The van der Waals surface area contributed by atoms with Crippen molar-refractivity contribution in [3.05, 3.63) is 22.9 Å². The van der Waals surface area contributed by atoms with Crippen molar-refractivity contribution in [2.75, 3.05) is 24.5 Å². The highest BCUT2D eigenvalue weighted by atomic mass is 79.9. The predicted octanol–water partition coefficient (Wildman–Crippen LogP) is 3.38. The molecule has 0 saturated carbocycles. The van der Waals surface area contributed by atoms with Crippen molar-refractivity contribution in [1.82, 2.24) is 24.4 Å². The van der Waals surface area contributed by atoms with Crippen LogP contribution in [-0.4, -0.2) is 73.8 Å². The van der Waals surface area contributed by atoms with E-state index in [1.165, 1.54) is 0 Å². The molecule has 0 aliphatic carbocycles. The minimum absolute atomic E-state index is 0.00437. The fourth-order valence-corrected chi connectivity index (χ4v) is 4.18. The average molecular weight is 479 g/mol. The van der Waals surface area contributed by atoms with Crippen LogP contribution in [0.15, 0.2) is 22.9 Å². The molecule has 0 N–H and O–H groups in total. The van der Waals surface area contributed by atoms with E-state index in [2.05, 4.69) is 39.9 Å². The Balaban J connectivity index is 1.51. The van der Waals surface area contributed by atoms with Crippen LogP contribution in [0.25, 0.3) is 5.65 Å². The summed E-state index contributed by atoms with van der Waals surface area (Å²) in [6, 6.07) is 1.73. The predicted molar refractivity (Wildman–Crippen MR) is 115 cm³/mol. The van der Waals surface area contributed by atoms with Crippen molar-refractivity contribution < 1.29 is 14.3 Å². The molecule has 10 heteroatoms. The average Bonchev–Trinajstić information content (AvgIpc) is 3.13. The van der Waals surface area contributed by atoms with Crippen molar-refractivity contribution in [3.63, 3.8) is 0 Å². The number of nitrogens with zero attached hydrogens (tertiary/aromatic N) is 6. The lowest BCUT2D eigenvalue weighted by molar-refractivity contribution is -0.00657. The Kier molecular flexibility index (Phi) is 5.16. The summed E-state index contributed by atoms with van der Waals surface area (Å²) in [6.45, 7) is 11.3. The second kappa shape index (κ2) is 7.40. The molecule has 3 amide bonds. The number of hydrogen-bond acceptors (Lipinski definition) is 5. The molecule has 4 heterocycles. The van der Waals surface area contributed by atoms with Gasteiger partial charge < -0.3 is 14.5 Å². The van der Waals surface area contributed by atoms with Crippen molar-refractivity contribution >= 4 is 39.5 Å². The first kappa shape index (κ1) is 20.9. The molecule has 162 valence electrons. The van der Waals surface area contributed by atoms with E-state index in [4.69, 9.17) is 4.74 Å². The van der Waals surface area contributed by atoms with Gasteiger partial charge in [-0.25, -0.2) is 19.1 Å². The number of aromatic nitrogens is 3. The smallest absolute Gasteiger partial charge is 0.410 e. The van der Waals surface area contributed by atoms with Gasteiger partial charge in [0.1, 0.15) is 11.4 Å². The van der Waals surface area contributed by atoms with Crippen molar-refractivity contribution in [2.24, 2.45) is 5.92 Å². The molecule has 9 nitrogen and oxygen atoms in total. The van der Waals surface area contributed by atoms with E-state index in [9.17, 15) is 9.59 Å². The van der Waals surface area contributed by atoms with Crippen LogP contribution in [0.3, 0.4) is 0 Å². The standard InChI is InChI=1S/C20H27BrN6O3/c1-12(2)15-11-25(13-9-24(10-13)19(29)30-20(3,4)5)18(28)27(15)16-6-7-26-17(23-16)14(21)8-22-26/h6-8,12-13,15H,9-11H2,1-5H3/t15-/m1/s1. The van der Waals surface area contributed by atoms with Crippen molar-refractivity contribution in [1.29, 1.82) is 0 Å². The Morgan fingerprint density at radius 3 is 2.60 bits per heavy atom. The van der Waals surface area contributed by atoms with Crippen molar-refractivity contribution in [2.45, 2.75) is 52.3 Å². The zero-order valence-electron chi connectivity index (χ0n) is 17.9. The molecule has 2 aromatic heterocycles. The third kappa shape index (κ3) is 3.73. The summed E-state index contributed by atoms with van der Waals surface area (Å²) in [4.78, 5) is 35.6. The van der Waals surface area contributed by atoms with E-state index in [1.807, 2.05) is 37.9 Å². The molecule has 1 atom stereocenters. The van der Waals surface area contributed by atoms with Gasteiger partial charge in [-0.3, -0.25) is 4.90 Å². The lowest BCUT2D eigenvalue weighted by atomic mass is 10.0. The van der Waals surface area contributed by atoms with E-state index in [0.717, 1.165) is 4.47 Å². The number of rotatable bonds is 3. The summed E-state index contributed by atoms with van der Waals surface area (Å²) < 4.78 is 7.87. The SMILES string of the molecule is CC(C)[C@H]1CN(C2CN(C(=O)OC(C)(C)C)C2)C(=O)N1c1ccn2ncc(Br)c2n1. The highest BCUT2D eigenvalue weighted by molar-refractivity contribution is 9.10. The quantitative estimate of drug-likeness (QED) is 0.674. The third-order valence-corrected chi connectivity index (χ3v) is 6.01. The molecule has 2 aliphatic rings. The van der Waals surface area contributed by atoms with Gasteiger partial charge in [0, 0.05) is 25.8 Å². The Hall–Kier alpha value is -2.36. The summed E-state index contributed by atoms with van der Waals surface area (Å²) in [6.07, 6.45) is 3.16. The van der Waals surface area contributed by atoms with E-state index >= 15 is 0 Å². The van der Waals surface area contributed by atoms with Gasteiger partial charge in [-0.05, 0) is 48.7 Å². The number of hydrogen-bond donors (Lipinski definition) is 0. The largest absolute Gasteiger partial charge is 0.444 e. The van der Waals surface area contributed by atoms with Crippen LogP contribution in [0, 0.1) is 5.92 Å². The maximum Gasteiger partial charge on any atom is 0.410 e. The van der Waals surface area contributed by atoms with Gasteiger partial charge in [0.15, 0.2) is 5.65 Å². The van der Waals surface area contributed by atoms with Gasteiger partial charge in [-0.15, -0.1) is 0 Å². The van der Waals surface area contributed by atoms with Gasteiger partial charge in [-0.1, -0.05) is 13.8 Å². The summed E-state index contributed by atoms with van der Waals surface area (Å²) in [5.41, 5.74) is 0.137. The van der Waals surface area contributed by atoms with Crippen LogP contribution in [0.4, 0.5) is 15.4 Å². The van der Waals surface area contributed by atoms with Crippen LogP contribution in [0.5, 0.6) is 0 Å². The summed E-state index contributed by atoms with van der Waals surface area (Å²) >= 11 is 3.46.